The average molecular weight is 298 g/mol. The van der Waals surface area contributed by atoms with Gasteiger partial charge in [0.25, 0.3) is 0 Å². The summed E-state index contributed by atoms with van der Waals surface area (Å²) in [5, 5.41) is 32.6. The van der Waals surface area contributed by atoms with E-state index >= 15 is 0 Å². The highest BCUT2D eigenvalue weighted by Gasteiger charge is 1.92. The van der Waals surface area contributed by atoms with Gasteiger partial charge in [0.15, 0.2) is 11.5 Å². The Morgan fingerprint density at radius 1 is 0.833 bits per heavy atom. The number of aliphatic hydroxyl groups excluding tert-OH is 2. The summed E-state index contributed by atoms with van der Waals surface area (Å²) < 4.78 is 0. The molecule has 4 N–H and O–H groups in total. The molecule has 0 rings (SSSR count). The molecular weight excluding hydrogens is 280 g/mol. The second-order valence-corrected chi connectivity index (χ2v) is 3.08. The molecular formula is C10H18O6S2. The lowest BCUT2D eigenvalue weighted by molar-refractivity contribution is -0.134. The SMILES string of the molecule is CC=C(O)C(O)=CC.O=C(O)CS.O=C(O)CS. The van der Waals surface area contributed by atoms with Crippen LogP contribution in [-0.4, -0.2) is 43.9 Å². The molecule has 0 bridgehead atoms. The number of hydrogen-bond acceptors (Lipinski definition) is 6. The maximum atomic E-state index is 9.29. The van der Waals surface area contributed by atoms with Crippen LogP contribution in [0.1, 0.15) is 13.8 Å². The van der Waals surface area contributed by atoms with E-state index in [-0.39, 0.29) is 23.0 Å². The van der Waals surface area contributed by atoms with Gasteiger partial charge >= 0.3 is 11.9 Å². The number of rotatable bonds is 3. The van der Waals surface area contributed by atoms with Crippen molar-refractivity contribution in [3.05, 3.63) is 23.7 Å². The number of hydrogen-bond donors (Lipinski definition) is 6. The second kappa shape index (κ2) is 15.7. The molecule has 0 radical (unpaired) electrons. The van der Waals surface area contributed by atoms with E-state index in [1.54, 1.807) is 13.8 Å². The van der Waals surface area contributed by atoms with Crippen molar-refractivity contribution >= 4 is 37.2 Å². The Morgan fingerprint density at radius 3 is 1.06 bits per heavy atom. The first-order chi connectivity index (χ1) is 8.26. The van der Waals surface area contributed by atoms with Crippen LogP contribution in [0.4, 0.5) is 0 Å². The van der Waals surface area contributed by atoms with Gasteiger partial charge in [-0.25, -0.2) is 0 Å². The summed E-state index contributed by atoms with van der Waals surface area (Å²) in [7, 11) is 0. The monoisotopic (exact) mass is 298 g/mol. The van der Waals surface area contributed by atoms with Crippen LogP contribution in [0, 0.1) is 0 Å². The predicted molar refractivity (Wildman–Crippen MR) is 75.7 cm³/mol. The van der Waals surface area contributed by atoms with Crippen LogP contribution >= 0.6 is 25.3 Å². The van der Waals surface area contributed by atoms with Gasteiger partial charge < -0.3 is 20.4 Å². The maximum Gasteiger partial charge on any atom is 0.313 e. The van der Waals surface area contributed by atoms with Crippen LogP contribution in [-0.2, 0) is 9.59 Å². The number of carbonyl (C=O) groups is 2. The zero-order valence-corrected chi connectivity index (χ0v) is 11.9. The van der Waals surface area contributed by atoms with Gasteiger partial charge in [-0.05, 0) is 26.0 Å². The fourth-order valence-corrected chi connectivity index (χ4v) is 0.296. The van der Waals surface area contributed by atoms with Gasteiger partial charge in [-0.1, -0.05) is 0 Å². The van der Waals surface area contributed by atoms with Crippen LogP contribution in [0.25, 0.3) is 0 Å². The van der Waals surface area contributed by atoms with Crippen molar-refractivity contribution in [2.45, 2.75) is 13.8 Å². The van der Waals surface area contributed by atoms with E-state index in [4.69, 9.17) is 20.4 Å². The third-order valence-corrected chi connectivity index (χ3v) is 1.62. The number of carboxylic acid groups (broad SMARTS) is 2. The summed E-state index contributed by atoms with van der Waals surface area (Å²) in [4.78, 5) is 18.6. The van der Waals surface area contributed by atoms with E-state index in [1.165, 1.54) is 12.2 Å². The fraction of sp³-hybridized carbons (Fsp3) is 0.400. The number of aliphatic carboxylic acids is 2. The van der Waals surface area contributed by atoms with E-state index in [2.05, 4.69) is 25.3 Å². The van der Waals surface area contributed by atoms with Gasteiger partial charge in [0.05, 0.1) is 11.5 Å². The Balaban J connectivity index is -0.000000197. The maximum absolute atomic E-state index is 9.29. The van der Waals surface area contributed by atoms with Crippen molar-refractivity contribution < 1.29 is 30.0 Å². The normalized spacial score (nSPS) is 10.4. The number of aliphatic hydroxyl groups is 2. The zero-order chi connectivity index (χ0) is 15.1. The number of thiol groups is 2. The Morgan fingerprint density at radius 2 is 1.00 bits per heavy atom. The lowest BCUT2D eigenvalue weighted by Gasteiger charge is -1.92. The molecule has 0 aromatic carbocycles. The van der Waals surface area contributed by atoms with Crippen molar-refractivity contribution in [3.8, 4) is 0 Å². The minimum absolute atomic E-state index is 0.0764. The molecule has 0 spiro atoms. The van der Waals surface area contributed by atoms with E-state index in [0.29, 0.717) is 0 Å². The third-order valence-electron chi connectivity index (χ3n) is 1.08. The van der Waals surface area contributed by atoms with Crippen molar-refractivity contribution in [2.75, 3.05) is 11.5 Å². The zero-order valence-electron chi connectivity index (χ0n) is 10.1. The summed E-state index contributed by atoms with van der Waals surface area (Å²) in [5.74, 6) is -2.08. The average Bonchev–Trinajstić information content (AvgIpc) is 2.37. The lowest BCUT2D eigenvalue weighted by Crippen LogP contribution is -1.92. The number of allylic oxidation sites excluding steroid dienone is 2. The van der Waals surface area contributed by atoms with Gasteiger partial charge in [-0.2, -0.15) is 25.3 Å². The van der Waals surface area contributed by atoms with Crippen LogP contribution in [0.15, 0.2) is 23.7 Å². The Hall–Kier alpha value is -1.28. The van der Waals surface area contributed by atoms with Crippen LogP contribution in [0.3, 0.4) is 0 Å². The molecule has 0 saturated heterocycles. The van der Waals surface area contributed by atoms with Gasteiger partial charge in [0.2, 0.25) is 0 Å². The van der Waals surface area contributed by atoms with Crippen molar-refractivity contribution in [1.29, 1.82) is 0 Å². The van der Waals surface area contributed by atoms with Crippen molar-refractivity contribution in [3.63, 3.8) is 0 Å². The highest BCUT2D eigenvalue weighted by molar-refractivity contribution is 7.81. The molecule has 0 aromatic rings. The first kappa shape index (κ1) is 21.9. The predicted octanol–water partition coefficient (Wildman–Crippen LogP) is 1.91. The summed E-state index contributed by atoms with van der Waals surface area (Å²) >= 11 is 6.83. The topological polar surface area (TPSA) is 115 Å². The van der Waals surface area contributed by atoms with E-state index in [9.17, 15) is 9.59 Å². The van der Waals surface area contributed by atoms with Crippen LogP contribution in [0.5, 0.6) is 0 Å². The first-order valence-electron chi connectivity index (χ1n) is 4.62. The molecule has 0 aliphatic heterocycles. The molecule has 106 valence electrons. The lowest BCUT2D eigenvalue weighted by atomic mass is 10.4. The molecule has 0 atom stereocenters. The van der Waals surface area contributed by atoms with E-state index in [0.717, 1.165) is 0 Å². The first-order valence-corrected chi connectivity index (χ1v) is 5.89. The summed E-state index contributed by atoms with van der Waals surface area (Å²) in [6.07, 6.45) is 2.85. The summed E-state index contributed by atoms with van der Waals surface area (Å²) in [5.41, 5.74) is 0. The molecule has 8 heteroatoms. The molecule has 6 nitrogen and oxygen atoms in total. The highest BCUT2D eigenvalue weighted by Crippen LogP contribution is 1.99. The molecule has 0 unspecified atom stereocenters. The van der Waals surface area contributed by atoms with Gasteiger partial charge in [0.1, 0.15) is 0 Å². The molecule has 18 heavy (non-hydrogen) atoms. The Kier molecular flexibility index (Phi) is 19.2. The molecule has 0 aliphatic carbocycles. The summed E-state index contributed by atoms with van der Waals surface area (Å²) in [6.45, 7) is 3.30. The van der Waals surface area contributed by atoms with Crippen LogP contribution in [0.2, 0.25) is 0 Å². The molecule has 0 aliphatic rings. The summed E-state index contributed by atoms with van der Waals surface area (Å²) in [6, 6.07) is 0. The van der Waals surface area contributed by atoms with Crippen molar-refractivity contribution in [1.82, 2.24) is 0 Å². The standard InChI is InChI=1S/C6H10O2.2C2H4O2S/c1-3-5(7)6(8)4-2;2*3-2(4)1-5/h3-4,7-8H,1-2H3;2*5H,1H2,(H,3,4). The largest absolute Gasteiger partial charge is 0.504 e. The minimum atomic E-state index is -0.881. The molecule has 0 aromatic heterocycles. The molecule has 0 saturated carbocycles. The van der Waals surface area contributed by atoms with Gasteiger partial charge in [-0.3, -0.25) is 9.59 Å². The Labute approximate surface area is 116 Å². The number of carboxylic acids is 2. The minimum Gasteiger partial charge on any atom is -0.504 e. The quantitative estimate of drug-likeness (QED) is 0.269. The Bertz CT molecular complexity index is 269. The molecule has 0 fully saturated rings. The second-order valence-electron chi connectivity index (χ2n) is 2.45. The highest BCUT2D eigenvalue weighted by atomic mass is 32.1. The van der Waals surface area contributed by atoms with Gasteiger partial charge in [-0.15, -0.1) is 0 Å². The molecule has 0 heterocycles. The smallest absolute Gasteiger partial charge is 0.313 e. The van der Waals surface area contributed by atoms with Gasteiger partial charge in [0, 0.05) is 0 Å². The van der Waals surface area contributed by atoms with Crippen LogP contribution < -0.4 is 0 Å². The van der Waals surface area contributed by atoms with E-state index in [1.807, 2.05) is 0 Å². The molecule has 0 amide bonds. The third kappa shape index (κ3) is 24.1. The van der Waals surface area contributed by atoms with Crippen molar-refractivity contribution in [2.24, 2.45) is 0 Å². The fourth-order valence-electron chi connectivity index (χ4n) is 0.296. The van der Waals surface area contributed by atoms with E-state index < -0.39 is 11.9 Å².